The summed E-state index contributed by atoms with van der Waals surface area (Å²) < 4.78 is 17.1. The van der Waals surface area contributed by atoms with Crippen molar-refractivity contribution >= 4 is 11.4 Å². The second-order valence-electron chi connectivity index (χ2n) is 5.94. The lowest BCUT2D eigenvalue weighted by Crippen LogP contribution is -2.06. The molecule has 0 saturated heterocycles. The van der Waals surface area contributed by atoms with Gasteiger partial charge in [-0.2, -0.15) is 0 Å². The molecule has 2 heterocycles. The molecule has 1 N–H and O–H groups in total. The standard InChI is InChI=1S/C20H24N2O3/c1-15-17-6-5-7-19(15)22-14-21-16(2)20-9-8-18(25-20)13-24-11-4-3-10-23-12-17/h3-9,22H,10-14H2,1-2H3/b4-3+,21-16+. The number of ether oxygens (including phenoxy) is 2. The molecule has 1 aromatic heterocycles. The van der Waals surface area contributed by atoms with Gasteiger partial charge in [-0.15, -0.1) is 0 Å². The highest BCUT2D eigenvalue weighted by molar-refractivity contribution is 5.96. The largest absolute Gasteiger partial charge is 0.457 e. The van der Waals surface area contributed by atoms with Crippen molar-refractivity contribution < 1.29 is 13.9 Å². The number of anilines is 1. The van der Waals surface area contributed by atoms with E-state index in [1.165, 1.54) is 11.1 Å². The lowest BCUT2D eigenvalue weighted by atomic mass is 10.1. The zero-order valence-electron chi connectivity index (χ0n) is 14.7. The van der Waals surface area contributed by atoms with Crippen molar-refractivity contribution in [1.82, 2.24) is 0 Å². The average Bonchev–Trinajstić information content (AvgIpc) is 3.08. The SMILES string of the molecule is C/C1=N\CNc2cccc(c2C)COC/C=C/COCc2ccc1o2. The summed E-state index contributed by atoms with van der Waals surface area (Å²) in [5, 5.41) is 3.36. The van der Waals surface area contributed by atoms with Crippen LogP contribution in [0.15, 0.2) is 51.9 Å². The number of fused-ring (bicyclic) bond motifs is 4. The first-order valence-electron chi connectivity index (χ1n) is 8.47. The highest BCUT2D eigenvalue weighted by atomic mass is 16.5. The lowest BCUT2D eigenvalue weighted by molar-refractivity contribution is 0.128. The maximum atomic E-state index is 5.78. The molecule has 2 aromatic rings. The van der Waals surface area contributed by atoms with Crippen LogP contribution in [0.1, 0.15) is 29.6 Å². The van der Waals surface area contributed by atoms with E-state index < -0.39 is 0 Å². The summed E-state index contributed by atoms with van der Waals surface area (Å²) in [6.07, 6.45) is 3.94. The fourth-order valence-corrected chi connectivity index (χ4v) is 2.60. The number of nitrogens with zero attached hydrogens (tertiary/aromatic N) is 1. The topological polar surface area (TPSA) is 56.0 Å². The minimum atomic E-state index is 0.445. The summed E-state index contributed by atoms with van der Waals surface area (Å²) in [6, 6.07) is 10.0. The van der Waals surface area contributed by atoms with Gasteiger partial charge in [-0.25, -0.2) is 0 Å². The number of aliphatic imine (C=N–C) groups is 1. The molecule has 5 heteroatoms. The molecule has 5 nitrogen and oxygen atoms in total. The van der Waals surface area contributed by atoms with E-state index in [0.717, 1.165) is 22.9 Å². The van der Waals surface area contributed by atoms with Crippen LogP contribution in [0.2, 0.25) is 0 Å². The molecular weight excluding hydrogens is 316 g/mol. The molecule has 0 radical (unpaired) electrons. The second-order valence-corrected chi connectivity index (χ2v) is 5.94. The van der Waals surface area contributed by atoms with Crippen molar-refractivity contribution in [2.24, 2.45) is 4.99 Å². The Kier molecular flexibility index (Phi) is 6.04. The van der Waals surface area contributed by atoms with Crippen molar-refractivity contribution in [2.45, 2.75) is 27.1 Å². The number of rotatable bonds is 0. The fraction of sp³-hybridized carbons (Fsp3) is 0.350. The number of nitrogens with one attached hydrogen (secondary N) is 1. The molecule has 0 atom stereocenters. The van der Waals surface area contributed by atoms with Gasteiger partial charge in [0.1, 0.15) is 24.8 Å². The van der Waals surface area contributed by atoms with Crippen molar-refractivity contribution in [3.63, 3.8) is 0 Å². The molecule has 0 fully saturated rings. The van der Waals surface area contributed by atoms with Crippen molar-refractivity contribution in [2.75, 3.05) is 25.2 Å². The monoisotopic (exact) mass is 340 g/mol. The Balaban J connectivity index is 1.78. The van der Waals surface area contributed by atoms with Crippen LogP contribution in [0.25, 0.3) is 0 Å². The third-order valence-electron chi connectivity index (χ3n) is 4.15. The van der Waals surface area contributed by atoms with Crippen LogP contribution in [-0.2, 0) is 22.7 Å². The molecule has 0 spiro atoms. The van der Waals surface area contributed by atoms with Crippen molar-refractivity contribution in [3.8, 4) is 0 Å². The van der Waals surface area contributed by atoms with E-state index in [4.69, 9.17) is 13.9 Å². The number of benzene rings is 1. The van der Waals surface area contributed by atoms with E-state index in [1.807, 2.05) is 37.3 Å². The molecule has 1 aliphatic rings. The molecule has 0 unspecified atom stereocenters. The highest BCUT2D eigenvalue weighted by Crippen LogP contribution is 2.20. The summed E-state index contributed by atoms with van der Waals surface area (Å²) in [6.45, 7) is 6.66. The predicted molar refractivity (Wildman–Crippen MR) is 99.0 cm³/mol. The fourth-order valence-electron chi connectivity index (χ4n) is 2.60. The van der Waals surface area contributed by atoms with Crippen LogP contribution >= 0.6 is 0 Å². The molecule has 4 bridgehead atoms. The molecule has 0 amide bonds. The van der Waals surface area contributed by atoms with Gasteiger partial charge in [0.2, 0.25) is 0 Å². The normalized spacial score (nSPS) is 19.8. The van der Waals surface area contributed by atoms with Gasteiger partial charge in [-0.1, -0.05) is 24.3 Å². The van der Waals surface area contributed by atoms with E-state index in [0.29, 0.717) is 33.1 Å². The molecule has 3 rings (SSSR count). The van der Waals surface area contributed by atoms with Gasteiger partial charge in [0, 0.05) is 5.69 Å². The first kappa shape index (κ1) is 17.5. The van der Waals surface area contributed by atoms with Gasteiger partial charge < -0.3 is 19.2 Å². The molecule has 132 valence electrons. The van der Waals surface area contributed by atoms with Gasteiger partial charge in [-0.05, 0) is 43.2 Å². The average molecular weight is 340 g/mol. The highest BCUT2D eigenvalue weighted by Gasteiger charge is 2.06. The minimum absolute atomic E-state index is 0.445. The van der Waals surface area contributed by atoms with Gasteiger partial charge >= 0.3 is 0 Å². The Bertz CT molecular complexity index is 762. The number of hydrogen-bond acceptors (Lipinski definition) is 5. The van der Waals surface area contributed by atoms with Crippen LogP contribution in [-0.4, -0.2) is 25.6 Å². The molecule has 0 saturated carbocycles. The van der Waals surface area contributed by atoms with E-state index in [2.05, 4.69) is 29.4 Å². The molecule has 0 aliphatic carbocycles. The summed E-state index contributed by atoms with van der Waals surface area (Å²) in [5.74, 6) is 1.57. The molecule has 1 aromatic carbocycles. The Morgan fingerprint density at radius 2 is 1.76 bits per heavy atom. The first-order valence-corrected chi connectivity index (χ1v) is 8.47. The quantitative estimate of drug-likeness (QED) is 0.735. The second kappa shape index (κ2) is 8.65. The van der Waals surface area contributed by atoms with Gasteiger partial charge in [-0.3, -0.25) is 4.99 Å². The first-order chi connectivity index (χ1) is 12.2. The lowest BCUT2D eigenvalue weighted by Gasteiger charge is -2.12. The molecule has 1 aliphatic heterocycles. The third-order valence-corrected chi connectivity index (χ3v) is 4.15. The zero-order valence-corrected chi connectivity index (χ0v) is 14.7. The Hall–Kier alpha value is -2.37. The van der Waals surface area contributed by atoms with Crippen LogP contribution in [0.5, 0.6) is 0 Å². The van der Waals surface area contributed by atoms with E-state index in [1.54, 1.807) is 0 Å². The summed E-state index contributed by atoms with van der Waals surface area (Å²) >= 11 is 0. The maximum absolute atomic E-state index is 5.78. The van der Waals surface area contributed by atoms with Crippen LogP contribution in [0, 0.1) is 6.92 Å². The molecular formula is C20H24N2O3. The summed E-state index contributed by atoms with van der Waals surface area (Å²) in [5.41, 5.74) is 4.29. The Labute approximate surface area is 148 Å². The minimum Gasteiger partial charge on any atom is -0.457 e. The van der Waals surface area contributed by atoms with Gasteiger partial charge in [0.05, 0.1) is 25.5 Å². The Morgan fingerprint density at radius 1 is 0.960 bits per heavy atom. The zero-order chi connectivity index (χ0) is 17.5. The van der Waals surface area contributed by atoms with Crippen LogP contribution < -0.4 is 5.32 Å². The smallest absolute Gasteiger partial charge is 0.147 e. The maximum Gasteiger partial charge on any atom is 0.147 e. The van der Waals surface area contributed by atoms with Gasteiger partial charge in [0.15, 0.2) is 0 Å². The van der Waals surface area contributed by atoms with Crippen LogP contribution in [0.3, 0.4) is 0 Å². The van der Waals surface area contributed by atoms with E-state index in [-0.39, 0.29) is 0 Å². The van der Waals surface area contributed by atoms with E-state index >= 15 is 0 Å². The van der Waals surface area contributed by atoms with Crippen LogP contribution in [0.4, 0.5) is 5.69 Å². The van der Waals surface area contributed by atoms with Crippen molar-refractivity contribution in [1.29, 1.82) is 0 Å². The van der Waals surface area contributed by atoms with E-state index in [9.17, 15) is 0 Å². The summed E-state index contributed by atoms with van der Waals surface area (Å²) in [7, 11) is 0. The Morgan fingerprint density at radius 3 is 2.60 bits per heavy atom. The summed E-state index contributed by atoms with van der Waals surface area (Å²) in [4.78, 5) is 4.56. The van der Waals surface area contributed by atoms with Crippen molar-refractivity contribution in [3.05, 3.63) is 65.1 Å². The number of hydrogen-bond donors (Lipinski definition) is 1. The van der Waals surface area contributed by atoms with Gasteiger partial charge in [0.25, 0.3) is 0 Å². The number of furan rings is 1. The molecule has 25 heavy (non-hydrogen) atoms. The predicted octanol–water partition coefficient (Wildman–Crippen LogP) is 4.07. The third kappa shape index (κ3) is 4.81.